The third-order valence-electron chi connectivity index (χ3n) is 1.87. The predicted molar refractivity (Wildman–Crippen MR) is 50.2 cm³/mol. The molecule has 1 nitrogen and oxygen atoms in total. The van der Waals surface area contributed by atoms with Crippen LogP contribution in [0.4, 0.5) is 18.9 Å². The highest BCUT2D eigenvalue weighted by Gasteiger charge is 2.06. The monoisotopic (exact) mass is 203 g/mol. The second-order valence-corrected chi connectivity index (χ2v) is 3.05. The van der Waals surface area contributed by atoms with E-state index in [1.54, 1.807) is 0 Å². The van der Waals surface area contributed by atoms with Gasteiger partial charge in [0.2, 0.25) is 0 Å². The molecule has 0 spiro atoms. The molecule has 0 heterocycles. The van der Waals surface area contributed by atoms with Crippen LogP contribution in [0.1, 0.15) is 12.0 Å². The molecule has 0 radical (unpaired) electrons. The minimum absolute atomic E-state index is 0.0848. The van der Waals surface area contributed by atoms with Crippen LogP contribution in [0.5, 0.6) is 0 Å². The molecule has 0 fully saturated rings. The number of hydrogen-bond acceptors (Lipinski definition) is 1. The molecule has 0 saturated heterocycles. The summed E-state index contributed by atoms with van der Waals surface area (Å²) in [5.74, 6) is -0.975. The molecule has 4 heteroatoms. The summed E-state index contributed by atoms with van der Waals surface area (Å²) in [5.41, 5.74) is 0.347. The maximum atomic E-state index is 13.1. The molecule has 0 saturated carbocycles. The molecule has 0 aromatic heterocycles. The summed E-state index contributed by atoms with van der Waals surface area (Å²) in [6.45, 7) is 1.32. The minimum Gasteiger partial charge on any atom is -0.382 e. The molecule has 1 aromatic carbocycles. The van der Waals surface area contributed by atoms with Crippen LogP contribution >= 0.6 is 0 Å². The second kappa shape index (κ2) is 4.88. The van der Waals surface area contributed by atoms with Crippen LogP contribution in [0.25, 0.3) is 0 Å². The van der Waals surface area contributed by atoms with Gasteiger partial charge in [-0.05, 0) is 25.0 Å². The maximum absolute atomic E-state index is 13.1. The van der Waals surface area contributed by atoms with Gasteiger partial charge in [-0.15, -0.1) is 0 Å². The van der Waals surface area contributed by atoms with E-state index in [-0.39, 0.29) is 17.7 Å². The molecule has 14 heavy (non-hydrogen) atoms. The lowest BCUT2D eigenvalue weighted by Gasteiger charge is -2.07. The Morgan fingerprint density at radius 2 is 1.93 bits per heavy atom. The van der Waals surface area contributed by atoms with Gasteiger partial charge in [-0.25, -0.2) is 8.78 Å². The maximum Gasteiger partial charge on any atom is 0.146 e. The van der Waals surface area contributed by atoms with E-state index >= 15 is 0 Å². The summed E-state index contributed by atoms with van der Waals surface area (Å²) in [6, 6.07) is 2.20. The Morgan fingerprint density at radius 3 is 2.57 bits per heavy atom. The Kier molecular flexibility index (Phi) is 3.80. The van der Waals surface area contributed by atoms with Crippen molar-refractivity contribution < 1.29 is 13.2 Å². The van der Waals surface area contributed by atoms with Gasteiger partial charge in [0.25, 0.3) is 0 Å². The topological polar surface area (TPSA) is 12.0 Å². The van der Waals surface area contributed by atoms with Crippen molar-refractivity contribution >= 4 is 5.69 Å². The number of anilines is 1. The average molecular weight is 203 g/mol. The molecule has 0 aliphatic rings. The Bertz CT molecular complexity index is 312. The standard InChI is InChI=1S/C10H12F3N/c1-7-5-9(13)10(6-8(7)12)14-4-2-3-11/h5-6,14H,2-4H2,1H3. The van der Waals surface area contributed by atoms with E-state index in [1.807, 2.05) is 0 Å². The van der Waals surface area contributed by atoms with Crippen LogP contribution in [0, 0.1) is 18.6 Å². The van der Waals surface area contributed by atoms with Crippen molar-refractivity contribution in [2.24, 2.45) is 0 Å². The zero-order chi connectivity index (χ0) is 10.6. The first kappa shape index (κ1) is 10.9. The van der Waals surface area contributed by atoms with Crippen LogP contribution in [0.15, 0.2) is 12.1 Å². The van der Waals surface area contributed by atoms with Gasteiger partial charge in [0.15, 0.2) is 0 Å². The van der Waals surface area contributed by atoms with Crippen molar-refractivity contribution in [3.05, 3.63) is 29.3 Å². The van der Waals surface area contributed by atoms with Crippen molar-refractivity contribution in [2.75, 3.05) is 18.5 Å². The molecule has 1 N–H and O–H groups in total. The second-order valence-electron chi connectivity index (χ2n) is 3.05. The highest BCUT2D eigenvalue weighted by Crippen LogP contribution is 2.18. The fourth-order valence-corrected chi connectivity index (χ4v) is 1.07. The van der Waals surface area contributed by atoms with Gasteiger partial charge < -0.3 is 5.32 Å². The van der Waals surface area contributed by atoms with Gasteiger partial charge in [0.05, 0.1) is 12.4 Å². The molecule has 78 valence electrons. The summed E-state index contributed by atoms with van der Waals surface area (Å²) >= 11 is 0. The molecular weight excluding hydrogens is 191 g/mol. The summed E-state index contributed by atoms with van der Waals surface area (Å²) in [4.78, 5) is 0. The zero-order valence-electron chi connectivity index (χ0n) is 7.91. The number of rotatable bonds is 4. The normalized spacial score (nSPS) is 10.3. The molecule has 0 atom stereocenters. The number of alkyl halides is 1. The fourth-order valence-electron chi connectivity index (χ4n) is 1.07. The summed E-state index contributed by atoms with van der Waals surface area (Å²) in [7, 11) is 0. The van der Waals surface area contributed by atoms with Crippen molar-refractivity contribution in [3.63, 3.8) is 0 Å². The first-order valence-corrected chi connectivity index (χ1v) is 4.40. The Morgan fingerprint density at radius 1 is 1.21 bits per heavy atom. The van der Waals surface area contributed by atoms with Crippen molar-refractivity contribution in [1.82, 2.24) is 0 Å². The first-order chi connectivity index (χ1) is 6.65. The smallest absolute Gasteiger partial charge is 0.146 e. The van der Waals surface area contributed by atoms with Crippen LogP contribution in [-0.4, -0.2) is 13.2 Å². The average Bonchev–Trinajstić information content (AvgIpc) is 2.14. The van der Waals surface area contributed by atoms with E-state index in [1.165, 1.54) is 6.92 Å². The van der Waals surface area contributed by atoms with Gasteiger partial charge in [-0.1, -0.05) is 0 Å². The van der Waals surface area contributed by atoms with E-state index in [0.29, 0.717) is 6.54 Å². The van der Waals surface area contributed by atoms with E-state index in [0.717, 1.165) is 12.1 Å². The van der Waals surface area contributed by atoms with Crippen LogP contribution in [0.3, 0.4) is 0 Å². The first-order valence-electron chi connectivity index (χ1n) is 4.40. The number of aryl methyl sites for hydroxylation is 1. The quantitative estimate of drug-likeness (QED) is 0.741. The van der Waals surface area contributed by atoms with Crippen molar-refractivity contribution in [2.45, 2.75) is 13.3 Å². The van der Waals surface area contributed by atoms with Gasteiger partial charge in [0, 0.05) is 12.6 Å². The van der Waals surface area contributed by atoms with E-state index < -0.39 is 18.3 Å². The molecule has 0 bridgehead atoms. The molecule has 1 aromatic rings. The van der Waals surface area contributed by atoms with Crippen molar-refractivity contribution in [3.8, 4) is 0 Å². The molecule has 0 amide bonds. The van der Waals surface area contributed by atoms with E-state index in [9.17, 15) is 13.2 Å². The Balaban J connectivity index is 2.72. The van der Waals surface area contributed by atoms with Crippen LogP contribution in [0.2, 0.25) is 0 Å². The molecule has 0 aliphatic carbocycles. The van der Waals surface area contributed by atoms with Gasteiger partial charge in [-0.3, -0.25) is 4.39 Å². The lowest BCUT2D eigenvalue weighted by atomic mass is 10.2. The SMILES string of the molecule is Cc1cc(F)c(NCCCF)cc1F. The van der Waals surface area contributed by atoms with Crippen molar-refractivity contribution in [1.29, 1.82) is 0 Å². The predicted octanol–water partition coefficient (Wildman–Crippen LogP) is 3.04. The highest BCUT2D eigenvalue weighted by atomic mass is 19.1. The summed E-state index contributed by atoms with van der Waals surface area (Å²) in [5, 5.41) is 2.63. The number of hydrogen-bond donors (Lipinski definition) is 1. The lowest BCUT2D eigenvalue weighted by Crippen LogP contribution is -2.05. The third kappa shape index (κ3) is 2.65. The fraction of sp³-hybridized carbons (Fsp3) is 0.400. The third-order valence-corrected chi connectivity index (χ3v) is 1.87. The molecule has 1 rings (SSSR count). The summed E-state index contributed by atoms with van der Waals surface area (Å²) < 4.78 is 37.9. The largest absolute Gasteiger partial charge is 0.382 e. The van der Waals surface area contributed by atoms with E-state index in [4.69, 9.17) is 0 Å². The number of benzene rings is 1. The number of halogens is 3. The zero-order valence-corrected chi connectivity index (χ0v) is 7.91. The van der Waals surface area contributed by atoms with Crippen LogP contribution in [-0.2, 0) is 0 Å². The summed E-state index contributed by atoms with van der Waals surface area (Å²) in [6.07, 6.45) is 0.287. The van der Waals surface area contributed by atoms with Gasteiger partial charge >= 0.3 is 0 Å². The van der Waals surface area contributed by atoms with Gasteiger partial charge in [-0.2, -0.15) is 0 Å². The minimum atomic E-state index is -0.511. The Labute approximate surface area is 80.9 Å². The lowest BCUT2D eigenvalue weighted by molar-refractivity contribution is 0.480. The highest BCUT2D eigenvalue weighted by molar-refractivity contribution is 5.46. The van der Waals surface area contributed by atoms with Gasteiger partial charge in [0.1, 0.15) is 11.6 Å². The molecule has 0 unspecified atom stereocenters. The molecule has 0 aliphatic heterocycles. The number of nitrogens with one attached hydrogen (secondary N) is 1. The molecular formula is C10H12F3N. The van der Waals surface area contributed by atoms with E-state index in [2.05, 4.69) is 5.32 Å². The van der Waals surface area contributed by atoms with Crippen LogP contribution < -0.4 is 5.32 Å². The Hall–Kier alpha value is -1.19.